The Labute approximate surface area is 143 Å². The summed E-state index contributed by atoms with van der Waals surface area (Å²) in [7, 11) is 0. The molecule has 2 aromatic heterocycles. The topological polar surface area (TPSA) is 93.8 Å². The molecule has 1 aromatic carbocycles. The summed E-state index contributed by atoms with van der Waals surface area (Å²) in [6.07, 6.45) is 1.93. The Hall–Kier alpha value is -2.48. The number of carbonyl (C=O) groups is 1. The maximum atomic E-state index is 11.2. The first kappa shape index (κ1) is 16.4. The average molecular weight is 343 g/mol. The van der Waals surface area contributed by atoms with Gasteiger partial charge in [0.2, 0.25) is 0 Å². The van der Waals surface area contributed by atoms with Crippen LogP contribution in [0.3, 0.4) is 0 Å². The molecule has 0 aliphatic carbocycles. The fourth-order valence-electron chi connectivity index (χ4n) is 2.27. The number of nitrogens with zero attached hydrogens (tertiary/aromatic N) is 5. The summed E-state index contributed by atoms with van der Waals surface area (Å²) in [5, 5.41) is 17.5. The molecule has 0 amide bonds. The molecule has 3 aromatic rings. The minimum absolute atomic E-state index is 0.503. The molecule has 3 rings (SSSR count). The summed E-state index contributed by atoms with van der Waals surface area (Å²) in [6, 6.07) is 8.17. The number of hydrogen-bond donors (Lipinski definition) is 1. The molecule has 124 valence electrons. The zero-order chi connectivity index (χ0) is 17.1. The normalized spacial score (nSPS) is 12.4. The molecular formula is C16H17N5O2S. The largest absolute Gasteiger partial charge is 0.480 e. The van der Waals surface area contributed by atoms with Crippen molar-refractivity contribution in [1.82, 2.24) is 25.0 Å². The van der Waals surface area contributed by atoms with Gasteiger partial charge in [0, 0.05) is 0 Å². The maximum Gasteiger partial charge on any atom is 0.317 e. The van der Waals surface area contributed by atoms with E-state index in [-0.39, 0.29) is 0 Å². The number of aromatic nitrogens is 5. The Morgan fingerprint density at radius 3 is 2.71 bits per heavy atom. The van der Waals surface area contributed by atoms with E-state index in [9.17, 15) is 9.90 Å². The van der Waals surface area contributed by atoms with E-state index in [4.69, 9.17) is 0 Å². The summed E-state index contributed by atoms with van der Waals surface area (Å²) < 4.78 is 1.70. The Morgan fingerprint density at radius 1 is 1.29 bits per heavy atom. The van der Waals surface area contributed by atoms with Crippen molar-refractivity contribution in [2.24, 2.45) is 0 Å². The van der Waals surface area contributed by atoms with E-state index in [2.05, 4.69) is 20.3 Å². The summed E-state index contributed by atoms with van der Waals surface area (Å²) >= 11 is 1.18. The van der Waals surface area contributed by atoms with Crippen LogP contribution in [0, 0.1) is 6.92 Å². The van der Waals surface area contributed by atoms with Crippen molar-refractivity contribution in [3.63, 3.8) is 0 Å². The zero-order valence-corrected chi connectivity index (χ0v) is 14.2. The number of carboxylic acids is 1. The van der Waals surface area contributed by atoms with Crippen LogP contribution in [0.25, 0.3) is 11.2 Å². The van der Waals surface area contributed by atoms with E-state index in [1.165, 1.54) is 23.7 Å². The van der Waals surface area contributed by atoms with Crippen LogP contribution < -0.4 is 0 Å². The molecule has 0 fully saturated rings. The molecule has 0 radical (unpaired) electrons. The fraction of sp³-hybridized carbons (Fsp3) is 0.312. The zero-order valence-electron chi connectivity index (χ0n) is 13.4. The van der Waals surface area contributed by atoms with Gasteiger partial charge in [0.15, 0.2) is 11.2 Å². The fourth-order valence-corrected chi connectivity index (χ4v) is 3.16. The molecule has 1 N–H and O–H groups in total. The lowest BCUT2D eigenvalue weighted by molar-refractivity contribution is -0.136. The van der Waals surface area contributed by atoms with Crippen LogP contribution in [-0.2, 0) is 11.3 Å². The predicted molar refractivity (Wildman–Crippen MR) is 91.0 cm³/mol. The second kappa shape index (κ2) is 6.96. The van der Waals surface area contributed by atoms with Crippen LogP contribution in [-0.4, -0.2) is 41.3 Å². The maximum absolute atomic E-state index is 11.2. The van der Waals surface area contributed by atoms with E-state index in [0.717, 1.165) is 5.56 Å². The van der Waals surface area contributed by atoms with Crippen LogP contribution in [0.5, 0.6) is 0 Å². The monoisotopic (exact) mass is 343 g/mol. The van der Waals surface area contributed by atoms with Crippen molar-refractivity contribution >= 4 is 28.9 Å². The van der Waals surface area contributed by atoms with Gasteiger partial charge in [-0.2, -0.15) is 0 Å². The van der Waals surface area contributed by atoms with Crippen molar-refractivity contribution in [3.8, 4) is 0 Å². The van der Waals surface area contributed by atoms with Gasteiger partial charge in [0.1, 0.15) is 16.6 Å². The second-order valence-corrected chi connectivity index (χ2v) is 6.63. The van der Waals surface area contributed by atoms with Crippen LogP contribution in [0.1, 0.15) is 24.5 Å². The Balaban J connectivity index is 1.91. The average Bonchev–Trinajstić information content (AvgIpc) is 2.98. The summed E-state index contributed by atoms with van der Waals surface area (Å²) in [5.41, 5.74) is 3.43. The number of aryl methyl sites for hydroxylation is 1. The SMILES string of the molecule is CCC(Sc1ncnc2c1nnn2Cc1ccc(C)cc1)C(=O)O. The lowest BCUT2D eigenvalue weighted by Crippen LogP contribution is -2.15. The molecule has 24 heavy (non-hydrogen) atoms. The highest BCUT2D eigenvalue weighted by atomic mass is 32.2. The smallest absolute Gasteiger partial charge is 0.317 e. The number of thioether (sulfide) groups is 1. The van der Waals surface area contributed by atoms with Crippen LogP contribution >= 0.6 is 11.8 Å². The number of fused-ring (bicyclic) bond motifs is 1. The first-order valence-electron chi connectivity index (χ1n) is 7.57. The Morgan fingerprint density at radius 2 is 2.04 bits per heavy atom. The van der Waals surface area contributed by atoms with Gasteiger partial charge in [-0.05, 0) is 18.9 Å². The van der Waals surface area contributed by atoms with Crippen molar-refractivity contribution in [1.29, 1.82) is 0 Å². The number of rotatable bonds is 6. The second-order valence-electron chi connectivity index (χ2n) is 5.44. The molecule has 0 saturated carbocycles. The molecule has 0 saturated heterocycles. The lowest BCUT2D eigenvalue weighted by atomic mass is 10.1. The van der Waals surface area contributed by atoms with Crippen molar-refractivity contribution in [3.05, 3.63) is 41.7 Å². The van der Waals surface area contributed by atoms with E-state index >= 15 is 0 Å². The first-order valence-corrected chi connectivity index (χ1v) is 8.45. The Kier molecular flexibility index (Phi) is 4.75. The Bertz CT molecular complexity index is 863. The third kappa shape index (κ3) is 3.38. The molecule has 1 atom stereocenters. The van der Waals surface area contributed by atoms with Gasteiger partial charge in [0.05, 0.1) is 6.54 Å². The van der Waals surface area contributed by atoms with Gasteiger partial charge in [-0.1, -0.05) is 53.7 Å². The third-order valence-corrected chi connectivity index (χ3v) is 4.96. The molecule has 0 spiro atoms. The van der Waals surface area contributed by atoms with E-state index in [0.29, 0.717) is 29.2 Å². The van der Waals surface area contributed by atoms with E-state index in [1.807, 2.05) is 38.1 Å². The highest BCUT2D eigenvalue weighted by molar-refractivity contribution is 8.00. The molecule has 0 aliphatic heterocycles. The number of carboxylic acid groups (broad SMARTS) is 1. The van der Waals surface area contributed by atoms with Crippen LogP contribution in [0.15, 0.2) is 35.6 Å². The van der Waals surface area contributed by atoms with Gasteiger partial charge in [-0.3, -0.25) is 4.79 Å². The molecule has 1 unspecified atom stereocenters. The number of benzene rings is 1. The highest BCUT2D eigenvalue weighted by Gasteiger charge is 2.21. The van der Waals surface area contributed by atoms with E-state index < -0.39 is 11.2 Å². The summed E-state index contributed by atoms with van der Waals surface area (Å²) in [5.74, 6) is -0.860. The van der Waals surface area contributed by atoms with E-state index in [1.54, 1.807) is 4.68 Å². The van der Waals surface area contributed by atoms with Crippen molar-refractivity contribution in [2.45, 2.75) is 37.1 Å². The van der Waals surface area contributed by atoms with Gasteiger partial charge in [-0.25, -0.2) is 14.6 Å². The van der Waals surface area contributed by atoms with Crippen LogP contribution in [0.2, 0.25) is 0 Å². The summed E-state index contributed by atoms with van der Waals surface area (Å²) in [4.78, 5) is 19.7. The summed E-state index contributed by atoms with van der Waals surface area (Å²) in [6.45, 7) is 4.42. The van der Waals surface area contributed by atoms with Gasteiger partial charge in [-0.15, -0.1) is 5.10 Å². The third-order valence-electron chi connectivity index (χ3n) is 3.62. The standard InChI is InChI=1S/C16H17N5O2S/c1-3-12(16(22)23)24-15-13-14(17-9-18-15)21(20-19-13)8-11-6-4-10(2)5-7-11/h4-7,9,12H,3,8H2,1-2H3,(H,22,23). The van der Waals surface area contributed by atoms with Crippen molar-refractivity contribution in [2.75, 3.05) is 0 Å². The van der Waals surface area contributed by atoms with Gasteiger partial charge >= 0.3 is 5.97 Å². The minimum atomic E-state index is -0.860. The molecule has 7 nitrogen and oxygen atoms in total. The highest BCUT2D eigenvalue weighted by Crippen LogP contribution is 2.28. The number of hydrogen-bond acceptors (Lipinski definition) is 6. The van der Waals surface area contributed by atoms with Crippen LogP contribution in [0.4, 0.5) is 0 Å². The lowest BCUT2D eigenvalue weighted by Gasteiger charge is -2.08. The molecule has 2 heterocycles. The molecule has 8 heteroatoms. The molecular weight excluding hydrogens is 326 g/mol. The van der Waals surface area contributed by atoms with Crippen molar-refractivity contribution < 1.29 is 9.90 Å². The first-order chi connectivity index (χ1) is 11.6. The predicted octanol–water partition coefficient (Wildman–Crippen LogP) is 2.53. The number of aliphatic carboxylic acids is 1. The molecule has 0 aliphatic rings. The van der Waals surface area contributed by atoms with Gasteiger partial charge < -0.3 is 5.11 Å². The van der Waals surface area contributed by atoms with Gasteiger partial charge in [0.25, 0.3) is 0 Å². The quantitative estimate of drug-likeness (QED) is 0.543. The molecule has 0 bridgehead atoms. The minimum Gasteiger partial charge on any atom is -0.480 e.